The maximum absolute atomic E-state index is 11.0. The largest absolute Gasteiger partial charge is 0.312 e. The van der Waals surface area contributed by atoms with Crippen LogP contribution in [0, 0.1) is 22.0 Å². The van der Waals surface area contributed by atoms with Gasteiger partial charge in [-0.15, -0.1) is 0 Å². The molecule has 1 aromatic rings. The van der Waals surface area contributed by atoms with Gasteiger partial charge in [0.05, 0.1) is 15.5 Å². The molecule has 1 saturated carbocycles. The first-order valence-electron chi connectivity index (χ1n) is 7.70. The molecule has 0 atom stereocenters. The van der Waals surface area contributed by atoms with Crippen LogP contribution >= 0.6 is 11.6 Å². The molecule has 0 radical (unpaired) electrons. The molecule has 4 nitrogen and oxygen atoms in total. The van der Waals surface area contributed by atoms with E-state index in [1.807, 2.05) is 0 Å². The Morgan fingerprint density at radius 3 is 2.71 bits per heavy atom. The summed E-state index contributed by atoms with van der Waals surface area (Å²) in [6.07, 6.45) is 6.44. The van der Waals surface area contributed by atoms with Crippen molar-refractivity contribution in [2.75, 3.05) is 6.54 Å². The van der Waals surface area contributed by atoms with E-state index in [1.54, 1.807) is 12.1 Å². The number of halogens is 1. The van der Waals surface area contributed by atoms with E-state index in [0.29, 0.717) is 17.1 Å². The molecular weight excluding hydrogens is 288 g/mol. The molecule has 1 aliphatic rings. The number of hydrogen-bond donors (Lipinski definition) is 1. The van der Waals surface area contributed by atoms with Crippen molar-refractivity contribution in [3.05, 3.63) is 38.9 Å². The highest BCUT2D eigenvalue weighted by molar-refractivity contribution is 6.31. The Bertz CT molecular complexity index is 485. The summed E-state index contributed by atoms with van der Waals surface area (Å²) in [5, 5.41) is 14.8. The van der Waals surface area contributed by atoms with Crippen molar-refractivity contribution in [3.63, 3.8) is 0 Å². The zero-order chi connectivity index (χ0) is 15.2. The summed E-state index contributed by atoms with van der Waals surface area (Å²) < 4.78 is 0. The van der Waals surface area contributed by atoms with E-state index in [2.05, 4.69) is 12.2 Å². The fraction of sp³-hybridized carbons (Fsp3) is 0.625. The number of nitro groups is 1. The summed E-state index contributed by atoms with van der Waals surface area (Å²) in [4.78, 5) is 10.6. The second-order valence-electron chi connectivity index (χ2n) is 6.09. The van der Waals surface area contributed by atoms with Gasteiger partial charge >= 0.3 is 0 Å². The minimum Gasteiger partial charge on any atom is -0.312 e. The molecule has 0 saturated heterocycles. The van der Waals surface area contributed by atoms with Crippen LogP contribution in [0.2, 0.25) is 5.02 Å². The van der Waals surface area contributed by atoms with Crippen molar-refractivity contribution in [1.82, 2.24) is 5.32 Å². The Morgan fingerprint density at radius 2 is 2.05 bits per heavy atom. The monoisotopic (exact) mass is 310 g/mol. The molecule has 1 aliphatic carbocycles. The molecule has 1 fully saturated rings. The van der Waals surface area contributed by atoms with Gasteiger partial charge in [-0.25, -0.2) is 0 Å². The number of benzene rings is 1. The first-order valence-corrected chi connectivity index (χ1v) is 8.08. The molecule has 0 spiro atoms. The van der Waals surface area contributed by atoms with Gasteiger partial charge in [-0.05, 0) is 30.9 Å². The van der Waals surface area contributed by atoms with Gasteiger partial charge in [-0.3, -0.25) is 10.1 Å². The number of rotatable bonds is 6. The average molecular weight is 311 g/mol. The van der Waals surface area contributed by atoms with Crippen LogP contribution in [-0.4, -0.2) is 11.5 Å². The van der Waals surface area contributed by atoms with Crippen LogP contribution in [0.4, 0.5) is 5.69 Å². The van der Waals surface area contributed by atoms with Gasteiger partial charge in [-0.2, -0.15) is 0 Å². The summed E-state index contributed by atoms with van der Waals surface area (Å²) in [5.41, 5.74) is 0.683. The van der Waals surface area contributed by atoms with Crippen molar-refractivity contribution in [3.8, 4) is 0 Å². The van der Waals surface area contributed by atoms with Gasteiger partial charge in [0.15, 0.2) is 0 Å². The zero-order valence-electron chi connectivity index (χ0n) is 12.5. The third-order valence-corrected chi connectivity index (χ3v) is 4.81. The predicted molar refractivity (Wildman–Crippen MR) is 85.6 cm³/mol. The van der Waals surface area contributed by atoms with Gasteiger partial charge in [0.25, 0.3) is 5.69 Å². The SMILES string of the molecule is CC1CCC(CCNCc2c(Cl)cccc2[N+](=O)[O-])CC1. The molecule has 0 unspecified atom stereocenters. The molecule has 0 bridgehead atoms. The van der Waals surface area contributed by atoms with Crippen molar-refractivity contribution >= 4 is 17.3 Å². The van der Waals surface area contributed by atoms with Crippen LogP contribution in [-0.2, 0) is 6.54 Å². The smallest absolute Gasteiger partial charge is 0.275 e. The maximum atomic E-state index is 11.0. The lowest BCUT2D eigenvalue weighted by atomic mass is 9.81. The van der Waals surface area contributed by atoms with Crippen LogP contribution in [0.15, 0.2) is 18.2 Å². The van der Waals surface area contributed by atoms with Crippen molar-refractivity contribution in [1.29, 1.82) is 0 Å². The molecule has 0 aliphatic heterocycles. The summed E-state index contributed by atoms with van der Waals surface area (Å²) in [5.74, 6) is 1.68. The van der Waals surface area contributed by atoms with E-state index in [4.69, 9.17) is 11.6 Å². The maximum Gasteiger partial charge on any atom is 0.275 e. The molecule has 0 heterocycles. The van der Waals surface area contributed by atoms with E-state index in [1.165, 1.54) is 31.7 Å². The van der Waals surface area contributed by atoms with Crippen LogP contribution in [0.3, 0.4) is 0 Å². The molecule has 5 heteroatoms. The van der Waals surface area contributed by atoms with E-state index in [0.717, 1.165) is 24.8 Å². The molecule has 21 heavy (non-hydrogen) atoms. The highest BCUT2D eigenvalue weighted by atomic mass is 35.5. The number of nitrogens with one attached hydrogen (secondary N) is 1. The normalized spacial score (nSPS) is 22.2. The number of nitro benzene ring substituents is 1. The van der Waals surface area contributed by atoms with E-state index < -0.39 is 0 Å². The molecule has 1 N–H and O–H groups in total. The van der Waals surface area contributed by atoms with Crippen LogP contribution in [0.25, 0.3) is 0 Å². The minimum absolute atomic E-state index is 0.0986. The molecule has 1 aromatic carbocycles. The Hall–Kier alpha value is -1.13. The molecule has 2 rings (SSSR count). The van der Waals surface area contributed by atoms with E-state index in [9.17, 15) is 10.1 Å². The number of hydrogen-bond acceptors (Lipinski definition) is 3. The van der Waals surface area contributed by atoms with Gasteiger partial charge in [0.1, 0.15) is 0 Å². The van der Waals surface area contributed by atoms with Crippen LogP contribution in [0.5, 0.6) is 0 Å². The minimum atomic E-state index is -0.370. The first-order chi connectivity index (χ1) is 10.1. The highest BCUT2D eigenvalue weighted by Gasteiger charge is 2.18. The lowest BCUT2D eigenvalue weighted by Gasteiger charge is -2.26. The highest BCUT2D eigenvalue weighted by Crippen LogP contribution is 2.30. The quantitative estimate of drug-likeness (QED) is 0.476. The van der Waals surface area contributed by atoms with Crippen LogP contribution in [0.1, 0.15) is 44.6 Å². The lowest BCUT2D eigenvalue weighted by molar-refractivity contribution is -0.385. The first kappa shape index (κ1) is 16.2. The second-order valence-corrected chi connectivity index (χ2v) is 6.49. The van der Waals surface area contributed by atoms with E-state index >= 15 is 0 Å². The standard InChI is InChI=1S/C16H23ClN2O2/c1-12-5-7-13(8-6-12)9-10-18-11-14-15(17)3-2-4-16(14)19(20)21/h2-4,12-13,18H,5-11H2,1H3. The molecular formula is C16H23ClN2O2. The Kier molecular flexibility index (Phi) is 6.00. The fourth-order valence-corrected chi connectivity index (χ4v) is 3.27. The van der Waals surface area contributed by atoms with Gasteiger partial charge in [0.2, 0.25) is 0 Å². The van der Waals surface area contributed by atoms with Gasteiger partial charge < -0.3 is 5.32 Å². The molecule has 0 aromatic heterocycles. The average Bonchev–Trinajstić information content (AvgIpc) is 2.46. The van der Waals surface area contributed by atoms with E-state index in [-0.39, 0.29) is 10.6 Å². The summed E-state index contributed by atoms with van der Waals surface area (Å²) >= 11 is 6.07. The van der Waals surface area contributed by atoms with Crippen molar-refractivity contribution in [2.45, 2.75) is 45.6 Å². The van der Waals surface area contributed by atoms with Crippen molar-refractivity contribution in [2.24, 2.45) is 11.8 Å². The molecule has 0 amide bonds. The Morgan fingerprint density at radius 1 is 1.33 bits per heavy atom. The van der Waals surface area contributed by atoms with Gasteiger partial charge in [0, 0.05) is 12.6 Å². The topological polar surface area (TPSA) is 55.2 Å². The third kappa shape index (κ3) is 4.68. The summed E-state index contributed by atoms with van der Waals surface area (Å²) in [7, 11) is 0. The van der Waals surface area contributed by atoms with Gasteiger partial charge in [-0.1, -0.05) is 50.3 Å². The third-order valence-electron chi connectivity index (χ3n) is 4.46. The molecule has 116 valence electrons. The predicted octanol–water partition coefficient (Wildman–Crippen LogP) is 4.55. The number of nitrogens with zero attached hydrogens (tertiary/aromatic N) is 1. The summed E-state index contributed by atoms with van der Waals surface area (Å²) in [6.45, 7) is 3.67. The fourth-order valence-electron chi connectivity index (χ4n) is 3.03. The Balaban J connectivity index is 1.80. The zero-order valence-corrected chi connectivity index (χ0v) is 13.2. The van der Waals surface area contributed by atoms with Crippen LogP contribution < -0.4 is 5.32 Å². The second kappa shape index (κ2) is 7.76. The Labute approximate surface area is 131 Å². The summed E-state index contributed by atoms with van der Waals surface area (Å²) in [6, 6.07) is 4.83. The lowest BCUT2D eigenvalue weighted by Crippen LogP contribution is -2.21. The van der Waals surface area contributed by atoms with Crippen molar-refractivity contribution < 1.29 is 4.92 Å².